The van der Waals surface area contributed by atoms with Crippen LogP contribution in [0.5, 0.6) is 11.5 Å². The van der Waals surface area contributed by atoms with Crippen LogP contribution in [0.3, 0.4) is 0 Å². The van der Waals surface area contributed by atoms with Gasteiger partial charge in [-0.2, -0.15) is 0 Å². The summed E-state index contributed by atoms with van der Waals surface area (Å²) in [6.45, 7) is 4.85. The predicted molar refractivity (Wildman–Crippen MR) is 243 cm³/mol. The Balaban J connectivity index is 1.12. The highest BCUT2D eigenvalue weighted by atomic mass is 33.1. The van der Waals surface area contributed by atoms with Gasteiger partial charge in [-0.15, -0.1) is 0 Å². The minimum atomic E-state index is -1.03. The van der Waals surface area contributed by atoms with Crippen LogP contribution in [0, 0.1) is 46.8 Å². The molecule has 1 saturated heterocycles. The van der Waals surface area contributed by atoms with Crippen molar-refractivity contribution in [2.75, 3.05) is 31.2 Å². The summed E-state index contributed by atoms with van der Waals surface area (Å²) in [5.41, 5.74) is 12.7. The van der Waals surface area contributed by atoms with Crippen molar-refractivity contribution in [1.82, 2.24) is 15.6 Å². The molecule has 3 heterocycles. The summed E-state index contributed by atoms with van der Waals surface area (Å²) in [5.74, 6) is 7.97. The molecule has 2 bridgehead atoms. The zero-order valence-corrected chi connectivity index (χ0v) is 37.2. The Kier molecular flexibility index (Phi) is 14.1. The normalized spacial score (nSPS) is 35.8. The Labute approximate surface area is 368 Å². The van der Waals surface area contributed by atoms with Gasteiger partial charge in [0, 0.05) is 83.8 Å². The van der Waals surface area contributed by atoms with Crippen LogP contribution in [0.1, 0.15) is 88.0 Å². The number of aliphatic hydroxyl groups excluding tert-OH is 5. The van der Waals surface area contributed by atoms with Crippen molar-refractivity contribution in [3.63, 3.8) is 0 Å². The van der Waals surface area contributed by atoms with Crippen LogP contribution in [-0.4, -0.2) is 103 Å². The number of aromatic amines is 1. The third-order valence-electron chi connectivity index (χ3n) is 14.8. The standard InChI is InChI=1S/C48H66N4O7S2/c1-3-48-11-8-30-15-28-6-7-29-18-40(55)42(21-38(29)37(28)20-41(56)44(30)46(58)31(9-12-48)16-35(22-48)52-23-27(2)54)59-43-19-32(17-34-5-4-13-50-34)36-10-14-51-47(49)39(36)26-61-60-25-33(24-53)45(43)57/h4-5,10,13,15,18,21,27,30-33,35,37,41,43-46,50-58H,3,6-7,9,12,14,16-17,19-20,22-26,49H2,1-2H3. The van der Waals surface area contributed by atoms with E-state index in [1.807, 2.05) is 18.3 Å². The SMILES string of the molecule is CCC12C#CC3C=C4CCc5cc(O)c(OC6CC(Cc7ccc[nH]7)C7=CCNC(N)=C7CSSCC(CO)C6O)cc5C4CC(O)C3C(O)C(CC1)CC(NCC(C)O)C2. The number of nitrogens with two attached hydrogens (primary N) is 1. The Bertz CT molecular complexity index is 2010. The Morgan fingerprint density at radius 2 is 1.97 bits per heavy atom. The molecule has 0 amide bonds. The molecule has 4 aliphatic carbocycles. The van der Waals surface area contributed by atoms with Crippen LogP contribution in [-0.2, 0) is 12.8 Å². The first kappa shape index (κ1) is 44.5. The van der Waals surface area contributed by atoms with Crippen molar-refractivity contribution >= 4 is 21.6 Å². The van der Waals surface area contributed by atoms with E-state index in [-0.39, 0.29) is 53.2 Å². The molecule has 13 atom stereocenters. The number of fused-ring (bicyclic) bond motifs is 8. The fraction of sp³-hybridized carbons (Fsp3) is 0.625. The number of H-pyrrole nitrogens is 1. The van der Waals surface area contributed by atoms with Crippen molar-refractivity contribution in [3.8, 4) is 23.3 Å². The van der Waals surface area contributed by atoms with Crippen molar-refractivity contribution in [2.24, 2.45) is 40.7 Å². The third-order valence-corrected chi connectivity index (χ3v) is 17.2. The summed E-state index contributed by atoms with van der Waals surface area (Å²) in [5, 5.41) is 75.9. The molecule has 13 heteroatoms. The zero-order valence-electron chi connectivity index (χ0n) is 35.6. The average Bonchev–Trinajstić information content (AvgIpc) is 3.63. The second kappa shape index (κ2) is 19.4. The molecule has 0 radical (unpaired) electrons. The lowest BCUT2D eigenvalue weighted by Gasteiger charge is -2.36. The zero-order chi connectivity index (χ0) is 42.8. The van der Waals surface area contributed by atoms with Gasteiger partial charge in [0.1, 0.15) is 11.9 Å². The van der Waals surface area contributed by atoms with Crippen molar-refractivity contribution < 1.29 is 35.4 Å². The van der Waals surface area contributed by atoms with Crippen LogP contribution < -0.4 is 21.1 Å². The number of hydrogen-bond donors (Lipinski definition) is 10. The van der Waals surface area contributed by atoms with E-state index < -0.39 is 42.4 Å². The molecule has 2 fully saturated rings. The molecule has 61 heavy (non-hydrogen) atoms. The summed E-state index contributed by atoms with van der Waals surface area (Å²) in [4.78, 5) is 3.36. The molecule has 2 aromatic rings. The van der Waals surface area contributed by atoms with Gasteiger partial charge in [0.15, 0.2) is 11.5 Å². The molecule has 1 saturated carbocycles. The first-order valence-electron chi connectivity index (χ1n) is 22.6. The number of aromatic hydroxyl groups is 1. The largest absolute Gasteiger partial charge is 0.504 e. The van der Waals surface area contributed by atoms with Gasteiger partial charge >= 0.3 is 0 Å². The monoisotopic (exact) mass is 874 g/mol. The van der Waals surface area contributed by atoms with Crippen molar-refractivity contribution in [2.45, 2.75) is 121 Å². The lowest BCUT2D eigenvalue weighted by molar-refractivity contribution is -0.0359. The van der Waals surface area contributed by atoms with E-state index >= 15 is 0 Å². The third kappa shape index (κ3) is 9.72. The maximum atomic E-state index is 12.3. The summed E-state index contributed by atoms with van der Waals surface area (Å²) in [6.07, 6.45) is 9.68. The predicted octanol–water partition coefficient (Wildman–Crippen LogP) is 5.04. The molecule has 6 aliphatic rings. The number of nitrogens with one attached hydrogen (secondary N) is 3. The number of rotatable bonds is 9. The van der Waals surface area contributed by atoms with Gasteiger partial charge in [-0.05, 0) is 124 Å². The molecule has 0 spiro atoms. The number of aromatic nitrogens is 1. The fourth-order valence-electron chi connectivity index (χ4n) is 11.2. The lowest BCUT2D eigenvalue weighted by atomic mass is 9.74. The average molecular weight is 875 g/mol. The minimum absolute atomic E-state index is 0.00532. The van der Waals surface area contributed by atoms with Gasteiger partial charge in [0.25, 0.3) is 0 Å². The number of aliphatic hydroxyl groups is 5. The molecule has 11 nitrogen and oxygen atoms in total. The van der Waals surface area contributed by atoms with Crippen molar-refractivity contribution in [3.05, 3.63) is 82.0 Å². The maximum Gasteiger partial charge on any atom is 0.161 e. The first-order valence-corrected chi connectivity index (χ1v) is 25.1. The van der Waals surface area contributed by atoms with Crippen molar-refractivity contribution in [1.29, 1.82) is 0 Å². The highest BCUT2D eigenvalue weighted by Crippen LogP contribution is 2.50. The topological polar surface area (TPSA) is 196 Å². The van der Waals surface area contributed by atoms with Crippen LogP contribution in [0.2, 0.25) is 0 Å². The smallest absolute Gasteiger partial charge is 0.161 e. The molecule has 1 aromatic carbocycles. The molecular formula is C48H66N4O7S2. The highest BCUT2D eigenvalue weighted by Gasteiger charge is 2.46. The molecule has 8 rings (SSSR count). The fourth-order valence-corrected chi connectivity index (χ4v) is 13.8. The number of benzene rings is 1. The van der Waals surface area contributed by atoms with Crippen LogP contribution in [0.4, 0.5) is 0 Å². The molecule has 11 N–H and O–H groups in total. The van der Waals surface area contributed by atoms with Gasteiger partial charge < -0.3 is 56.7 Å². The summed E-state index contributed by atoms with van der Waals surface area (Å²) >= 11 is 0. The lowest BCUT2D eigenvalue weighted by Crippen LogP contribution is -2.44. The van der Waals surface area contributed by atoms with E-state index in [2.05, 4.69) is 52.6 Å². The number of ether oxygens (including phenoxy) is 1. The van der Waals surface area contributed by atoms with Crippen LogP contribution in [0.25, 0.3) is 0 Å². The maximum absolute atomic E-state index is 12.3. The first-order chi connectivity index (χ1) is 29.5. The minimum Gasteiger partial charge on any atom is -0.504 e. The second-order valence-corrected chi connectivity index (χ2v) is 21.2. The van der Waals surface area contributed by atoms with E-state index in [0.29, 0.717) is 56.1 Å². The van der Waals surface area contributed by atoms with E-state index in [1.165, 1.54) is 5.57 Å². The summed E-state index contributed by atoms with van der Waals surface area (Å²) in [6, 6.07) is 7.85. The van der Waals surface area contributed by atoms with Gasteiger partial charge in [0.2, 0.25) is 0 Å². The summed E-state index contributed by atoms with van der Waals surface area (Å²) in [7, 11) is 3.26. The number of phenols is 1. The molecule has 332 valence electrons. The van der Waals surface area contributed by atoms with Gasteiger partial charge in [-0.1, -0.05) is 58.1 Å². The van der Waals surface area contributed by atoms with Gasteiger partial charge in [-0.3, -0.25) is 0 Å². The number of aryl methyl sites for hydroxylation is 1. The second-order valence-electron chi connectivity index (χ2n) is 18.7. The van der Waals surface area contributed by atoms with E-state index in [1.54, 1.807) is 34.6 Å². The van der Waals surface area contributed by atoms with E-state index in [4.69, 9.17) is 10.5 Å². The van der Waals surface area contributed by atoms with Crippen LogP contribution in [0.15, 0.2) is 65.2 Å². The van der Waals surface area contributed by atoms with Gasteiger partial charge in [-0.25, -0.2) is 0 Å². The number of phenolic OH excluding ortho intramolecular Hbond substituents is 1. The van der Waals surface area contributed by atoms with Gasteiger partial charge in [0.05, 0.1) is 24.4 Å². The number of dihydropyridines is 1. The molecule has 2 aliphatic heterocycles. The Morgan fingerprint density at radius 1 is 1.11 bits per heavy atom. The Morgan fingerprint density at radius 3 is 2.74 bits per heavy atom. The van der Waals surface area contributed by atoms with E-state index in [0.717, 1.165) is 66.5 Å². The molecule has 13 unspecified atom stereocenters. The number of hydrogen-bond acceptors (Lipinski definition) is 12. The Hall–Kier alpha value is -3.06. The van der Waals surface area contributed by atoms with E-state index in [9.17, 15) is 30.6 Å². The summed E-state index contributed by atoms with van der Waals surface area (Å²) < 4.78 is 6.84. The molecule has 1 aromatic heterocycles. The van der Waals surface area contributed by atoms with Crippen LogP contribution >= 0.6 is 21.6 Å². The molecular weight excluding hydrogens is 809 g/mol. The quantitative estimate of drug-likeness (QED) is 0.0918. The highest BCUT2D eigenvalue weighted by molar-refractivity contribution is 8.76. The number of allylic oxidation sites excluding steroid dienone is 3.